The summed E-state index contributed by atoms with van der Waals surface area (Å²) in [6, 6.07) is -0.231. The zero-order chi connectivity index (χ0) is 14.0. The monoisotopic (exact) mass is 300 g/mol. The number of thioether (sulfide) groups is 1. The van der Waals surface area contributed by atoms with Crippen molar-refractivity contribution in [1.82, 2.24) is 9.88 Å². The van der Waals surface area contributed by atoms with Crippen LogP contribution in [0.3, 0.4) is 0 Å². The second kappa shape index (κ2) is 5.92. The molecule has 1 aliphatic heterocycles. The summed E-state index contributed by atoms with van der Waals surface area (Å²) in [4.78, 5) is 30.2. The molecular formula is C12H16N2O3S2. The molecule has 2 rings (SSSR count). The first-order valence-electron chi connectivity index (χ1n) is 6.03. The number of carbonyl (C=O) groups excluding carboxylic acids is 1. The Labute approximate surface area is 120 Å². The SMILES string of the molecule is Cc1nc(C(=O)N2CCSCC2CC(=O)O)c(C)s1. The molecule has 1 aliphatic rings. The Balaban J connectivity index is 2.19. The molecule has 5 nitrogen and oxygen atoms in total. The standard InChI is InChI=1S/C12H16N2O3S2/c1-7-11(13-8(2)19-7)12(17)14-3-4-18-6-9(14)5-10(15)16/h9H,3-6H2,1-2H3,(H,15,16). The minimum Gasteiger partial charge on any atom is -0.481 e. The second-order valence-corrected chi connectivity index (χ2v) is 7.02. The second-order valence-electron chi connectivity index (χ2n) is 4.46. The van der Waals surface area contributed by atoms with Crippen LogP contribution in [0.4, 0.5) is 0 Å². The van der Waals surface area contributed by atoms with Gasteiger partial charge < -0.3 is 10.0 Å². The predicted molar refractivity (Wildman–Crippen MR) is 76.0 cm³/mol. The lowest BCUT2D eigenvalue weighted by atomic mass is 10.1. The van der Waals surface area contributed by atoms with Gasteiger partial charge >= 0.3 is 5.97 Å². The lowest BCUT2D eigenvalue weighted by Crippen LogP contribution is -2.47. The third-order valence-electron chi connectivity index (χ3n) is 3.00. The van der Waals surface area contributed by atoms with Gasteiger partial charge in [0.2, 0.25) is 0 Å². The highest BCUT2D eigenvalue weighted by Crippen LogP contribution is 2.24. The number of hydrogen-bond acceptors (Lipinski definition) is 5. The van der Waals surface area contributed by atoms with E-state index >= 15 is 0 Å². The molecule has 0 spiro atoms. The summed E-state index contributed by atoms with van der Waals surface area (Å²) in [5.74, 6) is 0.536. The first kappa shape index (κ1) is 14.3. The number of aliphatic carboxylic acids is 1. The van der Waals surface area contributed by atoms with Gasteiger partial charge in [0.05, 0.1) is 17.5 Å². The van der Waals surface area contributed by atoms with E-state index in [1.807, 2.05) is 13.8 Å². The fourth-order valence-electron chi connectivity index (χ4n) is 2.16. The Bertz CT molecular complexity index is 501. The first-order valence-corrected chi connectivity index (χ1v) is 8.00. The third kappa shape index (κ3) is 3.27. The van der Waals surface area contributed by atoms with Gasteiger partial charge in [0.1, 0.15) is 5.69 Å². The lowest BCUT2D eigenvalue weighted by Gasteiger charge is -2.34. The van der Waals surface area contributed by atoms with Crippen LogP contribution in [0, 0.1) is 13.8 Å². The molecule has 1 saturated heterocycles. The van der Waals surface area contributed by atoms with Crippen LogP contribution >= 0.6 is 23.1 Å². The zero-order valence-corrected chi connectivity index (χ0v) is 12.5. The molecule has 2 heterocycles. The first-order chi connectivity index (χ1) is 8.99. The largest absolute Gasteiger partial charge is 0.481 e. The van der Waals surface area contributed by atoms with Gasteiger partial charge in [0, 0.05) is 22.9 Å². The fourth-order valence-corrected chi connectivity index (χ4v) is 4.03. The maximum atomic E-state index is 12.5. The van der Waals surface area contributed by atoms with E-state index in [9.17, 15) is 9.59 Å². The molecule has 1 unspecified atom stereocenters. The van der Waals surface area contributed by atoms with Crippen LogP contribution in [0.5, 0.6) is 0 Å². The number of aromatic nitrogens is 1. The van der Waals surface area contributed by atoms with Crippen molar-refractivity contribution < 1.29 is 14.7 Å². The van der Waals surface area contributed by atoms with Crippen molar-refractivity contribution in [2.75, 3.05) is 18.1 Å². The molecule has 104 valence electrons. The number of aryl methyl sites for hydroxylation is 2. The van der Waals surface area contributed by atoms with Crippen LogP contribution in [0.25, 0.3) is 0 Å². The van der Waals surface area contributed by atoms with Gasteiger partial charge in [-0.25, -0.2) is 4.98 Å². The van der Waals surface area contributed by atoms with Crippen molar-refractivity contribution in [1.29, 1.82) is 0 Å². The molecule has 1 fully saturated rings. The Kier molecular flexibility index (Phi) is 4.46. The maximum absolute atomic E-state index is 12.5. The molecule has 19 heavy (non-hydrogen) atoms. The Morgan fingerprint density at radius 2 is 2.21 bits per heavy atom. The Morgan fingerprint density at radius 3 is 2.79 bits per heavy atom. The van der Waals surface area contributed by atoms with Gasteiger partial charge in [-0.1, -0.05) is 0 Å². The minimum absolute atomic E-state index is 0.000900. The molecule has 1 atom stereocenters. The minimum atomic E-state index is -0.864. The van der Waals surface area contributed by atoms with E-state index in [1.165, 1.54) is 11.3 Å². The molecule has 1 aromatic heterocycles. The number of amides is 1. The van der Waals surface area contributed by atoms with Crippen molar-refractivity contribution in [3.05, 3.63) is 15.6 Å². The number of hydrogen-bond donors (Lipinski definition) is 1. The highest BCUT2D eigenvalue weighted by molar-refractivity contribution is 7.99. The number of carbonyl (C=O) groups is 2. The summed E-state index contributed by atoms with van der Waals surface area (Å²) in [5.41, 5.74) is 0.477. The predicted octanol–water partition coefficient (Wildman–Crippen LogP) is 1.79. The molecule has 0 aliphatic carbocycles. The number of rotatable bonds is 3. The molecule has 0 saturated carbocycles. The molecular weight excluding hydrogens is 284 g/mol. The van der Waals surface area contributed by atoms with Gasteiger partial charge in [-0.15, -0.1) is 11.3 Å². The molecule has 0 bridgehead atoms. The molecule has 1 aromatic rings. The smallest absolute Gasteiger partial charge is 0.305 e. The van der Waals surface area contributed by atoms with Crippen LogP contribution in [0.2, 0.25) is 0 Å². The highest BCUT2D eigenvalue weighted by atomic mass is 32.2. The van der Waals surface area contributed by atoms with Crippen LogP contribution in [0.1, 0.15) is 26.8 Å². The number of carboxylic acid groups (broad SMARTS) is 1. The zero-order valence-electron chi connectivity index (χ0n) is 10.9. The molecule has 0 radical (unpaired) electrons. The Morgan fingerprint density at radius 1 is 1.47 bits per heavy atom. The van der Waals surface area contributed by atoms with Crippen LogP contribution < -0.4 is 0 Å². The van der Waals surface area contributed by atoms with Crippen molar-refractivity contribution in [3.8, 4) is 0 Å². The number of nitrogens with zero attached hydrogens (tertiary/aromatic N) is 2. The van der Waals surface area contributed by atoms with E-state index < -0.39 is 5.97 Å². The Hall–Kier alpha value is -1.08. The molecule has 1 amide bonds. The van der Waals surface area contributed by atoms with Gasteiger partial charge in [0.25, 0.3) is 5.91 Å². The van der Waals surface area contributed by atoms with Crippen molar-refractivity contribution in [2.24, 2.45) is 0 Å². The van der Waals surface area contributed by atoms with E-state index in [-0.39, 0.29) is 18.4 Å². The highest BCUT2D eigenvalue weighted by Gasteiger charge is 2.31. The third-order valence-corrected chi connectivity index (χ3v) is 4.98. The summed E-state index contributed by atoms with van der Waals surface area (Å²) in [7, 11) is 0. The van der Waals surface area contributed by atoms with E-state index in [2.05, 4.69) is 4.98 Å². The molecule has 1 N–H and O–H groups in total. The average molecular weight is 300 g/mol. The van der Waals surface area contributed by atoms with Crippen LogP contribution in [0.15, 0.2) is 0 Å². The van der Waals surface area contributed by atoms with Crippen molar-refractivity contribution in [3.63, 3.8) is 0 Å². The average Bonchev–Trinajstić information content (AvgIpc) is 2.67. The molecule has 7 heteroatoms. The van der Waals surface area contributed by atoms with Gasteiger partial charge in [-0.05, 0) is 13.8 Å². The van der Waals surface area contributed by atoms with Crippen LogP contribution in [-0.4, -0.2) is 51.0 Å². The van der Waals surface area contributed by atoms with E-state index in [1.54, 1.807) is 16.7 Å². The summed E-state index contributed by atoms with van der Waals surface area (Å²) in [5, 5.41) is 9.80. The topological polar surface area (TPSA) is 70.5 Å². The fraction of sp³-hybridized carbons (Fsp3) is 0.583. The van der Waals surface area contributed by atoms with E-state index in [0.717, 1.165) is 15.6 Å². The quantitative estimate of drug-likeness (QED) is 0.921. The summed E-state index contributed by atoms with van der Waals surface area (Å²) >= 11 is 3.19. The van der Waals surface area contributed by atoms with Gasteiger partial charge in [-0.2, -0.15) is 11.8 Å². The van der Waals surface area contributed by atoms with Gasteiger partial charge in [-0.3, -0.25) is 9.59 Å². The van der Waals surface area contributed by atoms with E-state index in [4.69, 9.17) is 5.11 Å². The van der Waals surface area contributed by atoms with E-state index in [0.29, 0.717) is 18.0 Å². The molecule has 0 aromatic carbocycles. The van der Waals surface area contributed by atoms with Crippen molar-refractivity contribution >= 4 is 35.0 Å². The lowest BCUT2D eigenvalue weighted by molar-refractivity contribution is -0.138. The summed E-state index contributed by atoms with van der Waals surface area (Å²) < 4.78 is 0. The number of carboxylic acids is 1. The van der Waals surface area contributed by atoms with Gasteiger partial charge in [0.15, 0.2) is 0 Å². The summed E-state index contributed by atoms with van der Waals surface area (Å²) in [6.45, 7) is 4.34. The van der Waals surface area contributed by atoms with Crippen LogP contribution in [-0.2, 0) is 4.79 Å². The van der Waals surface area contributed by atoms with Crippen molar-refractivity contribution in [2.45, 2.75) is 26.3 Å². The number of thiazole rings is 1. The normalized spacial score (nSPS) is 19.5. The maximum Gasteiger partial charge on any atom is 0.305 e. The summed E-state index contributed by atoms with van der Waals surface area (Å²) in [6.07, 6.45) is 0.000900.